The van der Waals surface area contributed by atoms with Crippen LogP contribution in [0.2, 0.25) is 0 Å². The van der Waals surface area contributed by atoms with E-state index in [2.05, 4.69) is 5.32 Å². The predicted molar refractivity (Wildman–Crippen MR) is 71.7 cm³/mol. The van der Waals surface area contributed by atoms with Gasteiger partial charge < -0.3 is 5.32 Å². The van der Waals surface area contributed by atoms with Gasteiger partial charge in [-0.3, -0.25) is 14.9 Å². The summed E-state index contributed by atoms with van der Waals surface area (Å²) in [5.74, 6) is -5.19. The number of non-ortho nitro benzene ring substituents is 1. The zero-order chi connectivity index (χ0) is 16.3. The number of anilines is 1. The molecule has 8 heteroatoms. The van der Waals surface area contributed by atoms with Crippen molar-refractivity contribution in [3.05, 3.63) is 69.5 Å². The Morgan fingerprint density at radius 1 is 1.05 bits per heavy atom. The standard InChI is InChI=1S/C14H9F3N2O3/c15-10-5-6-11(14(17)13(10)16)18-12(20)7-8-1-3-9(4-2-8)19(21)22/h1-6H,7H2,(H,18,20). The second-order valence-electron chi connectivity index (χ2n) is 4.37. The second-order valence-corrected chi connectivity index (χ2v) is 4.37. The van der Waals surface area contributed by atoms with Crippen molar-refractivity contribution in [1.29, 1.82) is 0 Å². The Kier molecular flexibility index (Phi) is 4.40. The van der Waals surface area contributed by atoms with Gasteiger partial charge in [0.2, 0.25) is 5.91 Å². The lowest BCUT2D eigenvalue weighted by atomic mass is 10.1. The number of amides is 1. The van der Waals surface area contributed by atoms with E-state index in [1.807, 2.05) is 0 Å². The molecule has 0 unspecified atom stereocenters. The lowest BCUT2D eigenvalue weighted by Crippen LogP contribution is -2.16. The number of halogens is 3. The third kappa shape index (κ3) is 3.40. The van der Waals surface area contributed by atoms with Crippen LogP contribution in [0.15, 0.2) is 36.4 Å². The molecule has 0 atom stereocenters. The first-order valence-corrected chi connectivity index (χ1v) is 6.05. The average Bonchev–Trinajstić information content (AvgIpc) is 2.48. The molecule has 0 aliphatic heterocycles. The molecule has 2 aromatic rings. The molecule has 2 aromatic carbocycles. The molecule has 5 nitrogen and oxygen atoms in total. The maximum Gasteiger partial charge on any atom is 0.269 e. The number of carbonyl (C=O) groups excluding carboxylic acids is 1. The van der Waals surface area contributed by atoms with Crippen LogP contribution in [0.5, 0.6) is 0 Å². The number of nitrogens with zero attached hydrogens (tertiary/aromatic N) is 1. The zero-order valence-corrected chi connectivity index (χ0v) is 11.0. The summed E-state index contributed by atoms with van der Waals surface area (Å²) in [5.41, 5.74) is -0.160. The van der Waals surface area contributed by atoms with Gasteiger partial charge >= 0.3 is 0 Å². The number of rotatable bonds is 4. The Labute approximate surface area is 122 Å². The number of nitro groups is 1. The van der Waals surface area contributed by atoms with Crippen LogP contribution < -0.4 is 5.32 Å². The van der Waals surface area contributed by atoms with Crippen LogP contribution in [0.4, 0.5) is 24.5 Å². The van der Waals surface area contributed by atoms with Crippen molar-refractivity contribution in [3.8, 4) is 0 Å². The number of carbonyl (C=O) groups is 1. The number of nitrogens with one attached hydrogen (secondary N) is 1. The van der Waals surface area contributed by atoms with E-state index in [4.69, 9.17) is 0 Å². The van der Waals surface area contributed by atoms with Gasteiger partial charge in [0, 0.05) is 12.1 Å². The fourth-order valence-corrected chi connectivity index (χ4v) is 1.74. The molecule has 114 valence electrons. The maximum atomic E-state index is 13.4. The summed E-state index contributed by atoms with van der Waals surface area (Å²) in [6, 6.07) is 6.79. The summed E-state index contributed by atoms with van der Waals surface area (Å²) in [6.45, 7) is 0. The Morgan fingerprint density at radius 2 is 1.68 bits per heavy atom. The molecular formula is C14H9F3N2O3. The van der Waals surface area contributed by atoms with Crippen LogP contribution >= 0.6 is 0 Å². The number of hydrogen-bond acceptors (Lipinski definition) is 3. The Bertz CT molecular complexity index is 733. The first-order valence-electron chi connectivity index (χ1n) is 6.05. The van der Waals surface area contributed by atoms with Crippen LogP contribution in [0.1, 0.15) is 5.56 Å². The van der Waals surface area contributed by atoms with Crippen molar-refractivity contribution in [2.75, 3.05) is 5.32 Å². The van der Waals surface area contributed by atoms with E-state index in [0.29, 0.717) is 11.6 Å². The lowest BCUT2D eigenvalue weighted by Gasteiger charge is -2.07. The van der Waals surface area contributed by atoms with Gasteiger partial charge in [-0.15, -0.1) is 0 Å². The van der Waals surface area contributed by atoms with Crippen molar-refractivity contribution in [3.63, 3.8) is 0 Å². The molecule has 0 aliphatic carbocycles. The maximum absolute atomic E-state index is 13.4. The van der Waals surface area contributed by atoms with Gasteiger partial charge in [0.05, 0.1) is 17.0 Å². The van der Waals surface area contributed by atoms with Gasteiger partial charge in [-0.1, -0.05) is 12.1 Å². The van der Waals surface area contributed by atoms with Gasteiger partial charge in [0.1, 0.15) is 0 Å². The first kappa shape index (κ1) is 15.5. The summed E-state index contributed by atoms with van der Waals surface area (Å²) in [5, 5.41) is 12.6. The van der Waals surface area contributed by atoms with E-state index in [9.17, 15) is 28.1 Å². The van der Waals surface area contributed by atoms with Gasteiger partial charge in [-0.2, -0.15) is 0 Å². The van der Waals surface area contributed by atoms with Crippen molar-refractivity contribution >= 4 is 17.3 Å². The summed E-state index contributed by atoms with van der Waals surface area (Å²) >= 11 is 0. The Balaban J connectivity index is 2.07. The largest absolute Gasteiger partial charge is 0.323 e. The van der Waals surface area contributed by atoms with Crippen LogP contribution in [-0.4, -0.2) is 10.8 Å². The highest BCUT2D eigenvalue weighted by molar-refractivity contribution is 5.92. The Morgan fingerprint density at radius 3 is 2.27 bits per heavy atom. The smallest absolute Gasteiger partial charge is 0.269 e. The molecule has 0 fully saturated rings. The monoisotopic (exact) mass is 310 g/mol. The molecule has 1 N–H and O–H groups in total. The zero-order valence-electron chi connectivity index (χ0n) is 11.0. The van der Waals surface area contributed by atoms with E-state index < -0.39 is 34.0 Å². The van der Waals surface area contributed by atoms with E-state index in [-0.39, 0.29) is 12.1 Å². The van der Waals surface area contributed by atoms with E-state index in [1.54, 1.807) is 0 Å². The molecule has 22 heavy (non-hydrogen) atoms. The minimum Gasteiger partial charge on any atom is -0.323 e. The minimum absolute atomic E-state index is 0.129. The van der Waals surface area contributed by atoms with E-state index >= 15 is 0 Å². The molecular weight excluding hydrogens is 301 g/mol. The van der Waals surface area contributed by atoms with Crippen LogP contribution in [0.25, 0.3) is 0 Å². The lowest BCUT2D eigenvalue weighted by molar-refractivity contribution is -0.384. The number of nitro benzene ring substituents is 1. The molecule has 1 amide bonds. The van der Waals surface area contributed by atoms with Gasteiger partial charge in [-0.05, 0) is 17.7 Å². The summed E-state index contributed by atoms with van der Waals surface area (Å²) in [6.07, 6.45) is -0.198. The molecule has 0 aliphatic rings. The summed E-state index contributed by atoms with van der Waals surface area (Å²) in [4.78, 5) is 21.6. The van der Waals surface area contributed by atoms with E-state index in [1.165, 1.54) is 24.3 Å². The molecule has 0 saturated carbocycles. The third-order valence-electron chi connectivity index (χ3n) is 2.82. The van der Waals surface area contributed by atoms with Crippen LogP contribution in [-0.2, 0) is 11.2 Å². The summed E-state index contributed by atoms with van der Waals surface area (Å²) < 4.78 is 39.2. The van der Waals surface area contributed by atoms with Crippen molar-refractivity contribution in [1.82, 2.24) is 0 Å². The molecule has 0 radical (unpaired) electrons. The average molecular weight is 310 g/mol. The second kappa shape index (κ2) is 6.25. The fourth-order valence-electron chi connectivity index (χ4n) is 1.74. The molecule has 0 bridgehead atoms. The van der Waals surface area contributed by atoms with Gasteiger partial charge in [0.15, 0.2) is 17.5 Å². The number of benzene rings is 2. The molecule has 0 heterocycles. The van der Waals surface area contributed by atoms with Crippen molar-refractivity contribution < 1.29 is 22.9 Å². The SMILES string of the molecule is O=C(Cc1ccc([N+](=O)[O-])cc1)Nc1ccc(F)c(F)c1F. The third-order valence-corrected chi connectivity index (χ3v) is 2.82. The number of hydrogen-bond donors (Lipinski definition) is 1. The van der Waals surface area contributed by atoms with Gasteiger partial charge in [-0.25, -0.2) is 13.2 Å². The molecule has 0 aromatic heterocycles. The first-order chi connectivity index (χ1) is 10.4. The van der Waals surface area contributed by atoms with Crippen LogP contribution in [0.3, 0.4) is 0 Å². The topological polar surface area (TPSA) is 72.2 Å². The van der Waals surface area contributed by atoms with E-state index in [0.717, 1.165) is 6.07 Å². The highest BCUT2D eigenvalue weighted by Crippen LogP contribution is 2.20. The normalized spacial score (nSPS) is 10.3. The predicted octanol–water partition coefficient (Wildman–Crippen LogP) is 3.19. The highest BCUT2D eigenvalue weighted by Gasteiger charge is 2.15. The molecule has 0 spiro atoms. The fraction of sp³-hybridized carbons (Fsp3) is 0.0714. The van der Waals surface area contributed by atoms with Crippen molar-refractivity contribution in [2.45, 2.75) is 6.42 Å². The molecule has 2 rings (SSSR count). The van der Waals surface area contributed by atoms with Crippen molar-refractivity contribution in [2.24, 2.45) is 0 Å². The minimum atomic E-state index is -1.67. The Hall–Kier alpha value is -2.90. The van der Waals surface area contributed by atoms with Gasteiger partial charge in [0.25, 0.3) is 5.69 Å². The quantitative estimate of drug-likeness (QED) is 0.535. The van der Waals surface area contributed by atoms with Crippen LogP contribution in [0, 0.1) is 27.6 Å². The molecule has 0 saturated heterocycles. The summed E-state index contributed by atoms with van der Waals surface area (Å²) in [7, 11) is 0. The highest BCUT2D eigenvalue weighted by atomic mass is 19.2.